The first kappa shape index (κ1) is 21.8. The molecular weight excluding hydrogens is 430 g/mol. The first-order valence-electron chi connectivity index (χ1n) is 10.6. The minimum absolute atomic E-state index is 0.0578. The molecule has 1 amide bonds. The van der Waals surface area contributed by atoms with Gasteiger partial charge in [-0.1, -0.05) is 42.2 Å². The molecule has 2 aliphatic rings. The molecule has 4 rings (SSSR count). The highest BCUT2D eigenvalue weighted by Crippen LogP contribution is 2.35. The van der Waals surface area contributed by atoms with Crippen molar-refractivity contribution in [1.29, 1.82) is 0 Å². The first-order valence-corrected chi connectivity index (χ1v) is 11.8. The molecule has 2 saturated heterocycles. The van der Waals surface area contributed by atoms with Crippen molar-refractivity contribution < 1.29 is 14.3 Å². The largest absolute Gasteiger partial charge is 0.466 e. The molecular formula is C23H25N3O3S2. The number of rotatable bonds is 5. The summed E-state index contributed by atoms with van der Waals surface area (Å²) in [6.45, 7) is 6.15. The predicted molar refractivity (Wildman–Crippen MR) is 129 cm³/mol. The molecule has 0 radical (unpaired) electrons. The molecule has 0 N–H and O–H groups in total. The van der Waals surface area contributed by atoms with Gasteiger partial charge in [0, 0.05) is 30.6 Å². The van der Waals surface area contributed by atoms with Gasteiger partial charge in [0.15, 0.2) is 0 Å². The minimum Gasteiger partial charge on any atom is -0.466 e. The molecule has 0 atom stereocenters. The van der Waals surface area contributed by atoms with Gasteiger partial charge in [0.05, 0.1) is 22.9 Å². The van der Waals surface area contributed by atoms with Gasteiger partial charge in [0.2, 0.25) is 0 Å². The van der Waals surface area contributed by atoms with Gasteiger partial charge in [-0.15, -0.1) is 0 Å². The molecule has 2 aliphatic heterocycles. The molecule has 6 nitrogen and oxygen atoms in total. The zero-order valence-corrected chi connectivity index (χ0v) is 19.3. The quantitative estimate of drug-likeness (QED) is 0.380. The Morgan fingerprint density at radius 2 is 2.03 bits per heavy atom. The molecule has 8 heteroatoms. The maximum Gasteiger partial charge on any atom is 0.309 e. The van der Waals surface area contributed by atoms with Crippen LogP contribution in [0.5, 0.6) is 0 Å². The summed E-state index contributed by atoms with van der Waals surface area (Å²) in [6, 6.07) is 10.0. The van der Waals surface area contributed by atoms with Gasteiger partial charge in [-0.3, -0.25) is 14.5 Å². The number of hydrogen-bond acceptors (Lipinski definition) is 7. The van der Waals surface area contributed by atoms with E-state index in [9.17, 15) is 9.59 Å². The second-order valence-corrected chi connectivity index (χ2v) is 9.21. The molecule has 0 unspecified atom stereocenters. The Morgan fingerprint density at radius 3 is 2.71 bits per heavy atom. The van der Waals surface area contributed by atoms with Crippen molar-refractivity contribution in [3.8, 4) is 0 Å². The van der Waals surface area contributed by atoms with Crippen molar-refractivity contribution in [2.45, 2.75) is 26.7 Å². The van der Waals surface area contributed by atoms with E-state index in [1.165, 1.54) is 11.8 Å². The predicted octanol–water partition coefficient (Wildman–Crippen LogP) is 4.24. The van der Waals surface area contributed by atoms with Crippen LogP contribution in [0.15, 0.2) is 35.2 Å². The van der Waals surface area contributed by atoms with Crippen LogP contribution in [0.4, 0.5) is 5.82 Å². The number of para-hydroxylation sites is 1. The maximum atomic E-state index is 12.7. The lowest BCUT2D eigenvalue weighted by Crippen LogP contribution is -2.37. The number of aromatic nitrogens is 1. The number of thioether (sulfide) groups is 1. The number of ether oxygens (including phenoxy) is 1. The lowest BCUT2D eigenvalue weighted by molar-refractivity contribution is -0.148. The number of anilines is 1. The summed E-state index contributed by atoms with van der Waals surface area (Å²) in [6.07, 6.45) is 3.36. The lowest BCUT2D eigenvalue weighted by atomic mass is 9.96. The number of hydrogen-bond donors (Lipinski definition) is 0. The number of pyridine rings is 1. The van der Waals surface area contributed by atoms with E-state index in [4.69, 9.17) is 21.9 Å². The summed E-state index contributed by atoms with van der Waals surface area (Å²) in [5.74, 6) is 0.596. The van der Waals surface area contributed by atoms with Crippen LogP contribution >= 0.6 is 24.0 Å². The fraction of sp³-hybridized carbons (Fsp3) is 0.391. The van der Waals surface area contributed by atoms with Crippen molar-refractivity contribution in [3.05, 3.63) is 40.8 Å². The van der Waals surface area contributed by atoms with Gasteiger partial charge in [0.25, 0.3) is 5.91 Å². The fourth-order valence-corrected chi connectivity index (χ4v) is 5.36. The van der Waals surface area contributed by atoms with Gasteiger partial charge in [-0.25, -0.2) is 4.98 Å². The first-order chi connectivity index (χ1) is 15.0. The van der Waals surface area contributed by atoms with Crippen molar-refractivity contribution in [2.75, 3.05) is 31.1 Å². The van der Waals surface area contributed by atoms with E-state index in [-0.39, 0.29) is 17.8 Å². The summed E-state index contributed by atoms with van der Waals surface area (Å²) < 4.78 is 5.78. The molecule has 0 bridgehead atoms. The van der Waals surface area contributed by atoms with Crippen molar-refractivity contribution in [3.63, 3.8) is 0 Å². The standard InChI is InChI=1S/C23H25N3O3S2/c1-3-26-21(27)19(31-23(26)30)14-17-13-16-7-5-6-8-18(16)24-20(17)25-11-9-15(10-12-25)22(28)29-4-2/h5-8,13-15H,3-4,9-12H2,1-2H3/b19-14-. The van der Waals surface area contributed by atoms with Gasteiger partial charge in [0.1, 0.15) is 10.1 Å². The van der Waals surface area contributed by atoms with Gasteiger partial charge in [-0.2, -0.15) is 0 Å². The molecule has 0 aliphatic carbocycles. The number of carbonyl (C=O) groups excluding carboxylic acids is 2. The van der Waals surface area contributed by atoms with Crippen LogP contribution in [0.1, 0.15) is 32.3 Å². The smallest absolute Gasteiger partial charge is 0.309 e. The second kappa shape index (κ2) is 9.36. The van der Waals surface area contributed by atoms with Gasteiger partial charge >= 0.3 is 5.97 Å². The van der Waals surface area contributed by atoms with E-state index >= 15 is 0 Å². The number of benzene rings is 1. The number of amides is 1. The van der Waals surface area contributed by atoms with Crippen LogP contribution in [0, 0.1) is 5.92 Å². The minimum atomic E-state index is -0.114. The number of nitrogens with zero attached hydrogens (tertiary/aromatic N) is 3. The zero-order chi connectivity index (χ0) is 22.0. The highest BCUT2D eigenvalue weighted by molar-refractivity contribution is 8.26. The lowest BCUT2D eigenvalue weighted by Gasteiger charge is -2.32. The fourth-order valence-electron chi connectivity index (χ4n) is 3.98. The van der Waals surface area contributed by atoms with E-state index in [0.29, 0.717) is 35.5 Å². The Balaban J connectivity index is 1.67. The van der Waals surface area contributed by atoms with Crippen molar-refractivity contribution >= 4 is 63.0 Å². The molecule has 31 heavy (non-hydrogen) atoms. The Morgan fingerprint density at radius 1 is 1.29 bits per heavy atom. The van der Waals surface area contributed by atoms with E-state index in [1.54, 1.807) is 4.90 Å². The van der Waals surface area contributed by atoms with E-state index in [1.807, 2.05) is 44.2 Å². The zero-order valence-electron chi connectivity index (χ0n) is 17.7. The van der Waals surface area contributed by atoms with Crippen LogP contribution < -0.4 is 4.90 Å². The van der Waals surface area contributed by atoms with Crippen LogP contribution in [0.3, 0.4) is 0 Å². The molecule has 1 aromatic carbocycles. The van der Waals surface area contributed by atoms with E-state index in [0.717, 1.165) is 35.1 Å². The van der Waals surface area contributed by atoms with Crippen molar-refractivity contribution in [1.82, 2.24) is 9.88 Å². The summed E-state index contributed by atoms with van der Waals surface area (Å²) in [5.41, 5.74) is 1.80. The molecule has 0 spiro atoms. The number of piperidine rings is 1. The molecule has 0 saturated carbocycles. The topological polar surface area (TPSA) is 62.7 Å². The molecule has 2 aromatic rings. The number of thiocarbonyl (C=S) groups is 1. The van der Waals surface area contributed by atoms with Gasteiger partial charge < -0.3 is 9.64 Å². The van der Waals surface area contributed by atoms with Crippen molar-refractivity contribution in [2.24, 2.45) is 5.92 Å². The third kappa shape index (κ3) is 4.45. The highest BCUT2D eigenvalue weighted by atomic mass is 32.2. The Labute approximate surface area is 191 Å². The monoisotopic (exact) mass is 455 g/mol. The van der Waals surface area contributed by atoms with Gasteiger partial charge in [-0.05, 0) is 44.9 Å². The van der Waals surface area contributed by atoms with E-state index in [2.05, 4.69) is 11.0 Å². The summed E-state index contributed by atoms with van der Waals surface area (Å²) in [7, 11) is 0. The Bertz CT molecular complexity index is 1060. The highest BCUT2D eigenvalue weighted by Gasteiger charge is 2.32. The maximum absolute atomic E-state index is 12.7. The number of fused-ring (bicyclic) bond motifs is 1. The van der Waals surface area contributed by atoms with Crippen LogP contribution in [-0.4, -0.2) is 52.3 Å². The summed E-state index contributed by atoms with van der Waals surface area (Å²) in [5, 5.41) is 1.02. The van der Waals surface area contributed by atoms with Crippen LogP contribution in [0.25, 0.3) is 17.0 Å². The summed E-state index contributed by atoms with van der Waals surface area (Å²) in [4.78, 5) is 34.2. The third-order valence-corrected chi connectivity index (χ3v) is 7.00. The molecule has 1 aromatic heterocycles. The SMILES string of the molecule is CCOC(=O)C1CCN(c2nc3ccccc3cc2/C=C2\SC(=S)N(CC)C2=O)CC1. The Kier molecular flexibility index (Phi) is 6.57. The molecule has 2 fully saturated rings. The average molecular weight is 456 g/mol. The van der Waals surface area contributed by atoms with Crippen LogP contribution in [0.2, 0.25) is 0 Å². The summed E-state index contributed by atoms with van der Waals surface area (Å²) >= 11 is 6.69. The molecule has 162 valence electrons. The van der Waals surface area contributed by atoms with E-state index < -0.39 is 0 Å². The number of likely N-dealkylation sites (N-methyl/N-ethyl adjacent to an activating group) is 1. The van der Waals surface area contributed by atoms with Crippen LogP contribution in [-0.2, 0) is 14.3 Å². The normalized spacial score (nSPS) is 19.0. The average Bonchev–Trinajstić information content (AvgIpc) is 3.05. The number of esters is 1. The third-order valence-electron chi connectivity index (χ3n) is 5.62. The second-order valence-electron chi connectivity index (χ2n) is 7.53. The Hall–Kier alpha value is -2.45. The number of carbonyl (C=O) groups is 2. The molecule has 3 heterocycles.